The van der Waals surface area contributed by atoms with E-state index in [1.807, 2.05) is 6.92 Å². The highest BCUT2D eigenvalue weighted by molar-refractivity contribution is 7.80. The van der Waals surface area contributed by atoms with Crippen LogP contribution in [0.2, 0.25) is 0 Å². The summed E-state index contributed by atoms with van der Waals surface area (Å²) in [5, 5.41) is 11.4. The lowest BCUT2D eigenvalue weighted by molar-refractivity contribution is -0.123. The van der Waals surface area contributed by atoms with Crippen LogP contribution >= 0.6 is 0 Å². The molecular weight excluding hydrogens is 366 g/mol. The molecule has 12 heteroatoms. The minimum atomic E-state index is -4.80. The van der Waals surface area contributed by atoms with Crippen molar-refractivity contribution >= 4 is 28.2 Å². The molecule has 0 aromatic rings. The lowest BCUT2D eigenvalue weighted by Gasteiger charge is -2.31. The van der Waals surface area contributed by atoms with Gasteiger partial charge >= 0.3 is 16.4 Å². The van der Waals surface area contributed by atoms with Gasteiger partial charge in [-0.2, -0.15) is 13.5 Å². The van der Waals surface area contributed by atoms with E-state index in [1.165, 1.54) is 4.90 Å². The van der Waals surface area contributed by atoms with Crippen molar-refractivity contribution in [2.24, 2.45) is 5.92 Å². The maximum absolute atomic E-state index is 12.4. The van der Waals surface area contributed by atoms with E-state index in [2.05, 4.69) is 14.5 Å². The van der Waals surface area contributed by atoms with E-state index in [0.717, 1.165) is 19.5 Å². The van der Waals surface area contributed by atoms with Crippen molar-refractivity contribution in [2.75, 3.05) is 26.2 Å². The number of amides is 3. The van der Waals surface area contributed by atoms with Crippen LogP contribution in [-0.2, 0) is 19.5 Å². The van der Waals surface area contributed by atoms with Crippen LogP contribution in [0, 0.1) is 11.3 Å². The molecule has 146 valence electrons. The van der Waals surface area contributed by atoms with Crippen LogP contribution in [0.15, 0.2) is 0 Å². The average molecular weight is 389 g/mol. The van der Waals surface area contributed by atoms with E-state index in [0.29, 0.717) is 24.4 Å². The molecule has 26 heavy (non-hydrogen) atoms. The number of rotatable bonds is 5. The van der Waals surface area contributed by atoms with E-state index >= 15 is 0 Å². The Morgan fingerprint density at radius 1 is 1.35 bits per heavy atom. The van der Waals surface area contributed by atoms with Crippen molar-refractivity contribution in [3.05, 3.63) is 0 Å². The van der Waals surface area contributed by atoms with Gasteiger partial charge in [-0.3, -0.25) is 14.8 Å². The van der Waals surface area contributed by atoms with Crippen LogP contribution in [0.3, 0.4) is 0 Å². The Morgan fingerprint density at radius 2 is 2.08 bits per heavy atom. The number of piperidine rings is 1. The zero-order chi connectivity index (χ0) is 19.1. The normalized spacial score (nSPS) is 29.3. The number of hydrogen-bond donors (Lipinski definition) is 3. The second kappa shape index (κ2) is 7.10. The van der Waals surface area contributed by atoms with Gasteiger partial charge in [0, 0.05) is 13.1 Å². The smallest absolute Gasteiger partial charge is 0.313 e. The maximum Gasteiger partial charge on any atom is 0.418 e. The monoisotopic (exact) mass is 389 g/mol. The van der Waals surface area contributed by atoms with Gasteiger partial charge in [0.1, 0.15) is 5.84 Å². The highest BCUT2D eigenvalue weighted by Gasteiger charge is 2.48. The van der Waals surface area contributed by atoms with Crippen molar-refractivity contribution in [2.45, 2.75) is 38.3 Å². The average Bonchev–Trinajstić information content (AvgIpc) is 3.14. The number of hydrogen-bond acceptors (Lipinski definition) is 7. The first kappa shape index (κ1) is 19.0. The molecule has 0 aliphatic carbocycles. The molecule has 3 fully saturated rings. The summed E-state index contributed by atoms with van der Waals surface area (Å²) in [6.07, 6.45) is 1.53. The number of urea groups is 1. The van der Waals surface area contributed by atoms with Gasteiger partial charge in [-0.1, -0.05) is 6.92 Å². The highest BCUT2D eigenvalue weighted by Crippen LogP contribution is 2.30. The van der Waals surface area contributed by atoms with Crippen molar-refractivity contribution in [1.82, 2.24) is 20.2 Å². The first-order valence-corrected chi connectivity index (χ1v) is 9.94. The van der Waals surface area contributed by atoms with Gasteiger partial charge < -0.3 is 15.1 Å². The number of fused-ring (bicyclic) bond motifs is 2. The number of hydroxylamine groups is 2. The highest BCUT2D eigenvalue weighted by atomic mass is 32.3. The van der Waals surface area contributed by atoms with Crippen molar-refractivity contribution in [1.29, 1.82) is 5.41 Å². The van der Waals surface area contributed by atoms with Crippen LogP contribution < -0.4 is 5.32 Å². The Morgan fingerprint density at radius 3 is 2.69 bits per heavy atom. The SMILES string of the molecule is CCN1CC[C@@H](C(=O)NC(=N)[C@@H]2CC[C@@H]3CN2C(=O)N3OS(=O)(=O)O)C1. The molecular formula is C14H23N5O6S. The van der Waals surface area contributed by atoms with E-state index in [4.69, 9.17) is 9.96 Å². The Labute approximate surface area is 151 Å². The Kier molecular flexibility index (Phi) is 5.19. The first-order valence-electron chi connectivity index (χ1n) is 8.58. The van der Waals surface area contributed by atoms with E-state index in [1.54, 1.807) is 0 Å². The third kappa shape index (κ3) is 3.82. The fraction of sp³-hybridized carbons (Fsp3) is 0.786. The summed E-state index contributed by atoms with van der Waals surface area (Å²) in [7, 11) is -4.80. The molecule has 3 atom stereocenters. The summed E-state index contributed by atoms with van der Waals surface area (Å²) in [5.41, 5.74) is 0. The summed E-state index contributed by atoms with van der Waals surface area (Å²) in [5.74, 6) is -0.489. The molecule has 3 rings (SSSR count). The van der Waals surface area contributed by atoms with Crippen molar-refractivity contribution < 1.29 is 26.8 Å². The van der Waals surface area contributed by atoms with Crippen LogP contribution in [-0.4, -0.2) is 83.9 Å². The lowest BCUT2D eigenvalue weighted by Crippen LogP contribution is -2.51. The number of carbonyl (C=O) groups excluding carboxylic acids is 2. The Bertz CT molecular complexity index is 713. The third-order valence-corrected chi connectivity index (χ3v) is 5.53. The van der Waals surface area contributed by atoms with Crippen molar-refractivity contribution in [3.8, 4) is 0 Å². The minimum absolute atomic E-state index is 0.0783. The molecule has 3 saturated heterocycles. The van der Waals surface area contributed by atoms with Crippen LogP contribution in [0.4, 0.5) is 4.79 Å². The summed E-state index contributed by atoms with van der Waals surface area (Å²) in [6, 6.07) is -1.91. The maximum atomic E-state index is 12.4. The van der Waals surface area contributed by atoms with Crippen molar-refractivity contribution in [3.63, 3.8) is 0 Å². The molecule has 2 bridgehead atoms. The largest absolute Gasteiger partial charge is 0.418 e. The standard InChI is InChI=1S/C14H23N5O6S/c1-2-17-6-5-9(7-17)13(20)16-12(15)11-4-3-10-8-18(11)14(21)19(10)25-26(22,23)24/h9-11H,2-8H2,1H3,(H2,15,16,20)(H,22,23,24)/t9-,10-,11+/m1/s1. The second-order valence-corrected chi connectivity index (χ2v) is 7.80. The fourth-order valence-corrected chi connectivity index (χ4v) is 4.17. The van der Waals surface area contributed by atoms with Gasteiger partial charge in [-0.25, -0.2) is 4.79 Å². The number of likely N-dealkylation sites (tertiary alicyclic amines) is 1. The zero-order valence-corrected chi connectivity index (χ0v) is 15.2. The van der Waals surface area contributed by atoms with Gasteiger partial charge in [-0.05, 0) is 32.4 Å². The molecule has 0 spiro atoms. The van der Waals surface area contributed by atoms with E-state index in [-0.39, 0.29) is 24.2 Å². The van der Waals surface area contributed by atoms with Crippen LogP contribution in [0.1, 0.15) is 26.2 Å². The summed E-state index contributed by atoms with van der Waals surface area (Å²) in [6.45, 7) is 4.57. The molecule has 3 N–H and O–H groups in total. The van der Waals surface area contributed by atoms with E-state index in [9.17, 15) is 18.0 Å². The second-order valence-electron chi connectivity index (χ2n) is 6.79. The summed E-state index contributed by atoms with van der Waals surface area (Å²) < 4.78 is 34.9. The molecule has 0 saturated carbocycles. The van der Waals surface area contributed by atoms with Gasteiger partial charge in [0.15, 0.2) is 0 Å². The fourth-order valence-electron chi connectivity index (χ4n) is 3.78. The lowest BCUT2D eigenvalue weighted by atomic mass is 9.99. The zero-order valence-electron chi connectivity index (χ0n) is 14.4. The van der Waals surface area contributed by atoms with Gasteiger partial charge in [0.2, 0.25) is 5.91 Å². The number of nitrogens with zero attached hydrogens (tertiary/aromatic N) is 3. The van der Waals surface area contributed by atoms with Crippen LogP contribution in [0.25, 0.3) is 0 Å². The molecule has 0 unspecified atom stereocenters. The number of amidine groups is 1. The molecule has 0 aromatic heterocycles. The predicted molar refractivity (Wildman–Crippen MR) is 89.5 cm³/mol. The molecule has 3 aliphatic rings. The Hall–Kier alpha value is -1.76. The topological polar surface area (TPSA) is 143 Å². The number of nitrogens with one attached hydrogen (secondary N) is 2. The quantitative estimate of drug-likeness (QED) is 0.324. The van der Waals surface area contributed by atoms with Gasteiger partial charge in [-0.15, -0.1) is 4.28 Å². The molecule has 3 heterocycles. The molecule has 3 aliphatic heterocycles. The van der Waals surface area contributed by atoms with E-state index < -0.39 is 28.5 Å². The van der Waals surface area contributed by atoms with Crippen LogP contribution in [0.5, 0.6) is 0 Å². The summed E-state index contributed by atoms with van der Waals surface area (Å²) >= 11 is 0. The van der Waals surface area contributed by atoms with Gasteiger partial charge in [0.05, 0.1) is 18.0 Å². The van der Waals surface area contributed by atoms with Gasteiger partial charge in [0.25, 0.3) is 0 Å². The predicted octanol–water partition coefficient (Wildman–Crippen LogP) is -0.575. The Balaban J connectivity index is 1.61. The summed E-state index contributed by atoms with van der Waals surface area (Å²) in [4.78, 5) is 28.2. The minimum Gasteiger partial charge on any atom is -0.313 e. The number of carbonyl (C=O) groups is 2. The third-order valence-electron chi connectivity index (χ3n) is 5.18. The molecule has 3 amide bonds. The molecule has 11 nitrogen and oxygen atoms in total. The first-order chi connectivity index (χ1) is 12.2. The molecule has 0 aromatic carbocycles. The molecule has 0 radical (unpaired) electrons.